The van der Waals surface area contributed by atoms with Crippen molar-refractivity contribution in [3.8, 4) is 11.9 Å². The van der Waals surface area contributed by atoms with Gasteiger partial charge in [0.25, 0.3) is 5.56 Å². The van der Waals surface area contributed by atoms with Crippen LogP contribution in [0.3, 0.4) is 0 Å². The van der Waals surface area contributed by atoms with Crippen LogP contribution in [-0.4, -0.2) is 118 Å². The standard InChI is InChI=1S/C39H62N8O14P2SSi2/c1-22(2)36(49)45-39-44-35-32(37(50)46-39)43-21-47(35)38-34(33(30(18-48)57-38)60-66(25(7)8,26(9)10)61-65(53,23(3)4)24(5)6)59-63(64,54-15-11-13-40)55-19-27-16-28(17-29(27)58-62(51)52)56-31-12-14-41-20-42-31/h12,14,20-30,33-34,38,48,53H,11,15-19H2,1-10H3,(H2-,44,45,46,49,50,51,52)/p+1/t27-,28-,29+,30-,33-,34-,38-,63?/m1/s1. The predicted molar refractivity (Wildman–Crippen MR) is 248 cm³/mol. The number of fused-ring (bicyclic) bond motifs is 1. The predicted octanol–water partition coefficient (Wildman–Crippen LogP) is 5.76. The molecule has 1 amide bonds. The first-order valence-corrected chi connectivity index (χ1v) is 29.6. The molecular weight excluding hydrogens is 955 g/mol. The number of aromatic nitrogens is 6. The second kappa shape index (κ2) is 23.1. The fourth-order valence-corrected chi connectivity index (χ4v) is 20.6. The summed E-state index contributed by atoms with van der Waals surface area (Å²) < 4.78 is 65.3. The number of amides is 1. The number of nitrogens with zero attached hydrogens (tertiary/aromatic N) is 6. The number of nitriles is 1. The molecule has 1 aliphatic carbocycles. The van der Waals surface area contributed by atoms with E-state index in [9.17, 15) is 34.2 Å². The van der Waals surface area contributed by atoms with Gasteiger partial charge in [-0.15, -0.1) is 9.42 Å². The van der Waals surface area contributed by atoms with Gasteiger partial charge in [-0.1, -0.05) is 69.2 Å². The Morgan fingerprint density at radius 2 is 1.79 bits per heavy atom. The van der Waals surface area contributed by atoms with Crippen molar-refractivity contribution in [3.05, 3.63) is 35.3 Å². The van der Waals surface area contributed by atoms with E-state index in [-0.39, 0.29) is 71.8 Å². The maximum Gasteiger partial charge on any atom is 0.695 e. The molecular formula is C39H63N8O14P2SSi2+. The molecule has 0 aromatic carbocycles. The van der Waals surface area contributed by atoms with Gasteiger partial charge in [-0.3, -0.25) is 29.0 Å². The Morgan fingerprint density at radius 1 is 1.09 bits per heavy atom. The zero-order chi connectivity index (χ0) is 48.7. The molecule has 22 nitrogen and oxygen atoms in total. The first kappa shape index (κ1) is 53.9. The summed E-state index contributed by atoms with van der Waals surface area (Å²) in [6, 6.07) is 3.60. The Morgan fingerprint density at radius 3 is 2.36 bits per heavy atom. The molecule has 0 bridgehead atoms. The Balaban J connectivity index is 1.62. The van der Waals surface area contributed by atoms with E-state index in [1.807, 2.05) is 61.5 Å². The van der Waals surface area contributed by atoms with Gasteiger partial charge in [0.05, 0.1) is 38.6 Å². The molecule has 5 N–H and O–H groups in total. The minimum atomic E-state index is -4.06. The van der Waals surface area contributed by atoms with Gasteiger partial charge in [0.15, 0.2) is 17.4 Å². The second-order valence-corrected chi connectivity index (χ2v) is 30.1. The third kappa shape index (κ3) is 12.6. The topological polar surface area (TPSA) is 294 Å². The number of H-pyrrole nitrogens is 1. The van der Waals surface area contributed by atoms with Gasteiger partial charge < -0.3 is 37.0 Å². The zero-order valence-electron chi connectivity index (χ0n) is 38.8. The SMILES string of the molecule is CC(C)C(=O)Nc1nc2c(ncn2[C@@H]2O[C@H](CO)[C@@H](O[Si](O[Si](O)(C(C)C)C(C)C)(C(C)C)C(C)C)[C@H]2OP(=S)(OCCC#N)OC[C@H]2C[C@@H](Oc3ccncn3)C[C@@H]2O[P+](=O)O)c(=O)[nH]1. The molecule has 5 rings (SSSR count). The summed E-state index contributed by atoms with van der Waals surface area (Å²) in [6.45, 7) is 13.7. The lowest BCUT2D eigenvalue weighted by molar-refractivity contribution is -0.118. The van der Waals surface area contributed by atoms with Crippen LogP contribution in [0.1, 0.15) is 94.7 Å². The van der Waals surface area contributed by atoms with Crippen LogP contribution in [0.25, 0.3) is 11.2 Å². The number of imidazole rings is 1. The second-order valence-electron chi connectivity index (χ2n) is 17.9. The van der Waals surface area contributed by atoms with E-state index in [0.717, 1.165) is 0 Å². The summed E-state index contributed by atoms with van der Waals surface area (Å²) in [6.07, 6.45) is -1.88. The normalized spacial score (nSPS) is 23.9. The number of nitrogens with one attached hydrogen (secondary N) is 2. The van der Waals surface area contributed by atoms with Crippen LogP contribution in [0, 0.1) is 23.2 Å². The number of aliphatic hydroxyl groups is 1. The van der Waals surface area contributed by atoms with Crippen molar-refractivity contribution in [3.63, 3.8) is 0 Å². The van der Waals surface area contributed by atoms with Crippen LogP contribution < -0.4 is 15.6 Å². The lowest BCUT2D eigenvalue weighted by Crippen LogP contribution is -2.62. The first-order valence-electron chi connectivity index (χ1n) is 21.9. The van der Waals surface area contributed by atoms with Gasteiger partial charge in [0, 0.05) is 35.1 Å². The summed E-state index contributed by atoms with van der Waals surface area (Å²) >= 11 is 6.14. The number of aromatic amines is 1. The van der Waals surface area contributed by atoms with Gasteiger partial charge in [0.1, 0.15) is 36.8 Å². The van der Waals surface area contributed by atoms with Crippen LogP contribution in [0.5, 0.6) is 5.88 Å². The molecule has 0 radical (unpaired) electrons. The average molecular weight is 1020 g/mol. The summed E-state index contributed by atoms with van der Waals surface area (Å²) in [4.78, 5) is 67.7. The van der Waals surface area contributed by atoms with Crippen LogP contribution in [-0.2, 0) is 52.5 Å². The molecule has 0 spiro atoms. The quantitative estimate of drug-likeness (QED) is 0.0405. The monoisotopic (exact) mass is 1020 g/mol. The van der Waals surface area contributed by atoms with Crippen molar-refractivity contribution in [2.75, 3.05) is 25.1 Å². The molecule has 1 saturated carbocycles. The number of carbonyl (C=O) groups excluding carboxylic acids is 1. The number of carbonyl (C=O) groups is 1. The highest BCUT2D eigenvalue weighted by molar-refractivity contribution is 8.07. The number of aliphatic hydroxyl groups excluding tert-OH is 1. The van der Waals surface area contributed by atoms with Crippen LogP contribution >= 0.6 is 15.0 Å². The van der Waals surface area contributed by atoms with Gasteiger partial charge in [-0.25, -0.2) is 15.0 Å². The largest absolute Gasteiger partial charge is 0.695 e. The molecule has 9 atom stereocenters. The molecule has 3 aromatic heterocycles. The van der Waals surface area contributed by atoms with Crippen molar-refractivity contribution in [2.24, 2.45) is 11.8 Å². The molecule has 1 aliphatic heterocycles. The summed E-state index contributed by atoms with van der Waals surface area (Å²) in [5.41, 5.74) is -1.85. The highest BCUT2D eigenvalue weighted by atomic mass is 32.5. The molecule has 27 heteroatoms. The smallest absolute Gasteiger partial charge is 0.474 e. The minimum Gasteiger partial charge on any atom is -0.474 e. The average Bonchev–Trinajstić information content (AvgIpc) is 3.94. The van der Waals surface area contributed by atoms with Gasteiger partial charge in [0.2, 0.25) is 17.7 Å². The van der Waals surface area contributed by atoms with Crippen molar-refractivity contribution in [1.29, 1.82) is 5.26 Å². The summed E-state index contributed by atoms with van der Waals surface area (Å²) in [5.74, 6) is -1.31. The van der Waals surface area contributed by atoms with E-state index in [0.29, 0.717) is 5.88 Å². The lowest BCUT2D eigenvalue weighted by atomic mass is 10.1. The minimum absolute atomic E-state index is 0.0268. The Kier molecular flexibility index (Phi) is 18.8. The third-order valence-electron chi connectivity index (χ3n) is 11.7. The van der Waals surface area contributed by atoms with Crippen molar-refractivity contribution in [1.82, 2.24) is 29.5 Å². The van der Waals surface area contributed by atoms with Crippen molar-refractivity contribution in [2.45, 2.75) is 147 Å². The third-order valence-corrected chi connectivity index (χ3v) is 24.2. The highest BCUT2D eigenvalue weighted by Crippen LogP contribution is 2.56. The number of hydrogen-bond acceptors (Lipinski definition) is 19. The van der Waals surface area contributed by atoms with Crippen LogP contribution in [0.4, 0.5) is 5.95 Å². The maximum absolute atomic E-state index is 13.4. The van der Waals surface area contributed by atoms with E-state index >= 15 is 0 Å². The molecule has 2 unspecified atom stereocenters. The van der Waals surface area contributed by atoms with Crippen LogP contribution in [0.15, 0.2) is 29.7 Å². The molecule has 1 saturated heterocycles. The molecule has 2 fully saturated rings. The van der Waals surface area contributed by atoms with E-state index in [1.165, 1.54) is 23.4 Å². The molecule has 66 heavy (non-hydrogen) atoms. The fourth-order valence-electron chi connectivity index (χ4n) is 8.05. The fraction of sp³-hybridized carbons (Fsp3) is 0.718. The Bertz CT molecular complexity index is 2260. The summed E-state index contributed by atoms with van der Waals surface area (Å²) in [5, 5.41) is 23.2. The van der Waals surface area contributed by atoms with Gasteiger partial charge in [-0.05, 0) is 40.4 Å². The number of anilines is 1. The van der Waals surface area contributed by atoms with E-state index < -0.39 is 98.8 Å². The summed E-state index contributed by atoms with van der Waals surface area (Å²) in [7, 11) is -10.2. The maximum atomic E-state index is 13.4. The van der Waals surface area contributed by atoms with Gasteiger partial charge >= 0.3 is 32.1 Å². The van der Waals surface area contributed by atoms with Crippen molar-refractivity contribution < 1.29 is 60.3 Å². The Hall–Kier alpha value is -3.03. The lowest BCUT2D eigenvalue weighted by Gasteiger charge is -2.47. The van der Waals surface area contributed by atoms with E-state index in [1.54, 1.807) is 19.9 Å². The van der Waals surface area contributed by atoms with E-state index in [2.05, 4.69) is 30.2 Å². The number of ether oxygens (including phenoxy) is 2. The number of hydrogen-bond donors (Lipinski definition) is 5. The van der Waals surface area contributed by atoms with Crippen molar-refractivity contribution >= 4 is 66.9 Å². The van der Waals surface area contributed by atoms with E-state index in [4.69, 9.17) is 47.9 Å². The highest BCUT2D eigenvalue weighted by Gasteiger charge is 2.60. The van der Waals surface area contributed by atoms with Crippen LogP contribution in [0.2, 0.25) is 22.2 Å². The zero-order valence-corrected chi connectivity index (χ0v) is 43.4. The molecule has 3 aromatic rings. The molecule has 366 valence electrons. The molecule has 2 aliphatic rings. The Labute approximate surface area is 392 Å². The van der Waals surface area contributed by atoms with Gasteiger partial charge in [-0.2, -0.15) is 10.2 Å². The molecule has 4 heterocycles. The number of rotatable bonds is 24. The first-order chi connectivity index (χ1) is 31.1.